The number of aryl methyl sites for hydroxylation is 1. The molecule has 0 spiro atoms. The van der Waals surface area contributed by atoms with Crippen LogP contribution in [0.25, 0.3) is 0 Å². The third-order valence-electron chi connectivity index (χ3n) is 4.63. The molecule has 2 nitrogen and oxygen atoms in total. The Hall–Kier alpha value is -1.54. The maximum atomic E-state index is 3.30. The second-order valence-electron chi connectivity index (χ2n) is 5.94. The first-order valence-corrected chi connectivity index (χ1v) is 7.68. The predicted molar refractivity (Wildman–Crippen MR) is 84.0 cm³/mol. The van der Waals surface area contributed by atoms with E-state index in [0.29, 0.717) is 12.0 Å². The van der Waals surface area contributed by atoms with Gasteiger partial charge in [0, 0.05) is 30.9 Å². The zero-order chi connectivity index (χ0) is 13.9. The highest BCUT2D eigenvalue weighted by Gasteiger charge is 2.20. The van der Waals surface area contributed by atoms with Gasteiger partial charge in [0.1, 0.15) is 0 Å². The van der Waals surface area contributed by atoms with Crippen molar-refractivity contribution < 1.29 is 0 Å². The summed E-state index contributed by atoms with van der Waals surface area (Å²) in [5, 5.41) is 3.30. The van der Waals surface area contributed by atoms with Crippen LogP contribution in [-0.2, 0) is 13.0 Å². The maximum Gasteiger partial charge on any atom is 0.0304 e. The number of hydrogen-bond acceptors (Lipinski definition) is 1. The van der Waals surface area contributed by atoms with Crippen LogP contribution in [0.15, 0.2) is 42.7 Å². The molecule has 106 valence electrons. The van der Waals surface area contributed by atoms with Crippen LogP contribution in [0.5, 0.6) is 0 Å². The largest absolute Gasteiger partial charge is 0.353 e. The monoisotopic (exact) mass is 268 g/mol. The molecule has 1 aromatic carbocycles. The van der Waals surface area contributed by atoms with Crippen molar-refractivity contribution in [1.29, 1.82) is 0 Å². The van der Waals surface area contributed by atoms with Crippen molar-refractivity contribution in [2.24, 2.45) is 0 Å². The van der Waals surface area contributed by atoms with E-state index in [1.807, 2.05) is 7.05 Å². The van der Waals surface area contributed by atoms with E-state index in [1.165, 1.54) is 24.8 Å². The highest BCUT2D eigenvalue weighted by molar-refractivity contribution is 5.32. The van der Waals surface area contributed by atoms with Crippen molar-refractivity contribution in [2.75, 3.05) is 7.05 Å². The summed E-state index contributed by atoms with van der Waals surface area (Å²) >= 11 is 0. The summed E-state index contributed by atoms with van der Waals surface area (Å²) in [5.41, 5.74) is 4.49. The molecular formula is C18H24N2. The van der Waals surface area contributed by atoms with Gasteiger partial charge in [-0.05, 0) is 56.0 Å². The molecule has 2 heteroatoms. The van der Waals surface area contributed by atoms with E-state index in [2.05, 4.69) is 59.5 Å². The summed E-state index contributed by atoms with van der Waals surface area (Å²) in [6.07, 6.45) is 8.40. The van der Waals surface area contributed by atoms with Crippen molar-refractivity contribution in [3.05, 3.63) is 59.4 Å². The maximum absolute atomic E-state index is 3.30. The highest BCUT2D eigenvalue weighted by Crippen LogP contribution is 2.32. The summed E-state index contributed by atoms with van der Waals surface area (Å²) in [7, 11) is 2.01. The lowest BCUT2D eigenvalue weighted by Crippen LogP contribution is -2.15. The molecule has 0 radical (unpaired) electrons. The summed E-state index contributed by atoms with van der Waals surface area (Å²) < 4.78 is 2.36. The van der Waals surface area contributed by atoms with Gasteiger partial charge in [0.05, 0.1) is 0 Å². The summed E-state index contributed by atoms with van der Waals surface area (Å²) in [6.45, 7) is 3.31. The van der Waals surface area contributed by atoms with E-state index in [1.54, 1.807) is 11.1 Å². The van der Waals surface area contributed by atoms with Gasteiger partial charge in [-0.2, -0.15) is 0 Å². The third kappa shape index (κ3) is 2.66. The van der Waals surface area contributed by atoms with E-state index in [0.717, 1.165) is 6.54 Å². The Balaban J connectivity index is 1.77. The van der Waals surface area contributed by atoms with Gasteiger partial charge in [0.2, 0.25) is 0 Å². The minimum absolute atomic E-state index is 0.426. The van der Waals surface area contributed by atoms with Crippen LogP contribution in [0.3, 0.4) is 0 Å². The third-order valence-corrected chi connectivity index (χ3v) is 4.63. The molecule has 2 aromatic rings. The zero-order valence-corrected chi connectivity index (χ0v) is 12.5. The van der Waals surface area contributed by atoms with Crippen molar-refractivity contribution >= 4 is 0 Å². The van der Waals surface area contributed by atoms with Crippen molar-refractivity contribution in [3.8, 4) is 0 Å². The number of nitrogens with zero attached hydrogens (tertiary/aromatic N) is 1. The zero-order valence-electron chi connectivity index (χ0n) is 12.5. The standard InChI is InChI=1S/C18H24N2/c1-14(19-2)16-10-11-20(12-16)13-17-8-5-7-15-6-3-4-9-18(15)17/h3-4,6,9-12,14,17,19H,5,7-8,13H2,1-2H3. The van der Waals surface area contributed by atoms with Crippen LogP contribution in [0.2, 0.25) is 0 Å². The van der Waals surface area contributed by atoms with Crippen LogP contribution in [0.1, 0.15) is 48.4 Å². The Kier molecular flexibility index (Phi) is 3.93. The van der Waals surface area contributed by atoms with Gasteiger partial charge >= 0.3 is 0 Å². The van der Waals surface area contributed by atoms with Gasteiger partial charge in [-0.3, -0.25) is 0 Å². The fourth-order valence-corrected chi connectivity index (χ4v) is 3.29. The van der Waals surface area contributed by atoms with Gasteiger partial charge in [0.15, 0.2) is 0 Å². The van der Waals surface area contributed by atoms with Crippen molar-refractivity contribution in [3.63, 3.8) is 0 Å². The summed E-state index contributed by atoms with van der Waals surface area (Å²) in [6, 6.07) is 11.6. The molecule has 2 unspecified atom stereocenters. The molecule has 0 fully saturated rings. The van der Waals surface area contributed by atoms with Gasteiger partial charge in [0.25, 0.3) is 0 Å². The van der Waals surface area contributed by atoms with Gasteiger partial charge in [-0.1, -0.05) is 24.3 Å². The molecule has 0 saturated heterocycles. The molecule has 1 aliphatic rings. The Labute approximate surface area is 121 Å². The first kappa shape index (κ1) is 13.4. The number of fused-ring (bicyclic) bond motifs is 1. The first-order chi connectivity index (χ1) is 9.78. The first-order valence-electron chi connectivity index (χ1n) is 7.68. The number of nitrogens with one attached hydrogen (secondary N) is 1. The second-order valence-corrected chi connectivity index (χ2v) is 5.94. The Morgan fingerprint density at radius 2 is 2.15 bits per heavy atom. The molecule has 1 heterocycles. The van der Waals surface area contributed by atoms with E-state index < -0.39 is 0 Å². The van der Waals surface area contributed by atoms with Gasteiger partial charge in [-0.15, -0.1) is 0 Å². The van der Waals surface area contributed by atoms with Crippen LogP contribution >= 0.6 is 0 Å². The molecule has 0 aliphatic heterocycles. The van der Waals surface area contributed by atoms with Crippen LogP contribution in [-0.4, -0.2) is 11.6 Å². The van der Waals surface area contributed by atoms with Crippen molar-refractivity contribution in [2.45, 2.75) is 44.7 Å². The number of rotatable bonds is 4. The normalized spacial score (nSPS) is 19.6. The number of aromatic nitrogens is 1. The SMILES string of the molecule is CNC(C)c1ccn(CC2CCCc3ccccc32)c1. The number of hydrogen-bond donors (Lipinski definition) is 1. The quantitative estimate of drug-likeness (QED) is 0.890. The van der Waals surface area contributed by atoms with E-state index in [-0.39, 0.29) is 0 Å². The van der Waals surface area contributed by atoms with E-state index >= 15 is 0 Å². The molecule has 2 atom stereocenters. The average Bonchev–Trinajstić information content (AvgIpc) is 2.95. The molecule has 0 saturated carbocycles. The van der Waals surface area contributed by atoms with E-state index in [4.69, 9.17) is 0 Å². The molecule has 20 heavy (non-hydrogen) atoms. The van der Waals surface area contributed by atoms with Crippen LogP contribution < -0.4 is 5.32 Å². The fourth-order valence-electron chi connectivity index (χ4n) is 3.29. The molecule has 0 amide bonds. The van der Waals surface area contributed by atoms with E-state index in [9.17, 15) is 0 Å². The molecule has 3 rings (SSSR count). The summed E-state index contributed by atoms with van der Waals surface area (Å²) in [4.78, 5) is 0. The second kappa shape index (κ2) is 5.84. The lowest BCUT2D eigenvalue weighted by Gasteiger charge is -2.25. The number of benzene rings is 1. The highest BCUT2D eigenvalue weighted by atomic mass is 15.0. The smallest absolute Gasteiger partial charge is 0.0304 e. The lowest BCUT2D eigenvalue weighted by molar-refractivity contribution is 0.483. The molecular weight excluding hydrogens is 244 g/mol. The topological polar surface area (TPSA) is 17.0 Å². The molecule has 1 aromatic heterocycles. The Morgan fingerprint density at radius 1 is 1.30 bits per heavy atom. The minimum Gasteiger partial charge on any atom is -0.353 e. The molecule has 1 aliphatic carbocycles. The van der Waals surface area contributed by atoms with Crippen molar-refractivity contribution in [1.82, 2.24) is 9.88 Å². The lowest BCUT2D eigenvalue weighted by atomic mass is 9.83. The van der Waals surface area contributed by atoms with Gasteiger partial charge in [-0.25, -0.2) is 0 Å². The molecule has 0 bridgehead atoms. The fraction of sp³-hybridized carbons (Fsp3) is 0.444. The minimum atomic E-state index is 0.426. The molecule has 1 N–H and O–H groups in total. The predicted octanol–water partition coefficient (Wildman–Crippen LogP) is 3.89. The van der Waals surface area contributed by atoms with Crippen LogP contribution in [0, 0.1) is 0 Å². The van der Waals surface area contributed by atoms with Crippen LogP contribution in [0.4, 0.5) is 0 Å². The average molecular weight is 268 g/mol. The Morgan fingerprint density at radius 3 is 3.00 bits per heavy atom. The van der Waals surface area contributed by atoms with Gasteiger partial charge < -0.3 is 9.88 Å². The Bertz CT molecular complexity index is 570. The summed E-state index contributed by atoms with van der Waals surface area (Å²) in [5.74, 6) is 0.671.